The largest absolute Gasteiger partial charge is 0.489 e. The van der Waals surface area contributed by atoms with E-state index in [0.29, 0.717) is 17.5 Å². The van der Waals surface area contributed by atoms with Crippen molar-refractivity contribution in [1.82, 2.24) is 14.8 Å². The molecule has 4 aromatic rings. The number of benzene rings is 3. The molecule has 0 unspecified atom stereocenters. The molecule has 0 aliphatic carbocycles. The highest BCUT2D eigenvalue weighted by molar-refractivity contribution is 9.10. The van der Waals surface area contributed by atoms with Crippen LogP contribution in [0.4, 0.5) is 0 Å². The fourth-order valence-electron chi connectivity index (χ4n) is 3.29. The molecule has 4 rings (SSSR count). The average Bonchev–Trinajstić information content (AvgIpc) is 3.19. The van der Waals surface area contributed by atoms with E-state index in [1.807, 2.05) is 90.4 Å². The molecule has 0 radical (unpaired) electrons. The van der Waals surface area contributed by atoms with Crippen LogP contribution in [0, 0.1) is 17.0 Å². The first-order valence-corrected chi connectivity index (χ1v) is 11.9. The first kappa shape index (κ1) is 23.0. The maximum Gasteiger partial charge on any atom is 0.220 e. The second-order valence-corrected chi connectivity index (χ2v) is 9.39. The van der Waals surface area contributed by atoms with Crippen LogP contribution >= 0.6 is 27.7 Å². The van der Waals surface area contributed by atoms with E-state index in [0.717, 1.165) is 27.1 Å². The molecule has 0 fully saturated rings. The first-order chi connectivity index (χ1) is 16.0. The Kier molecular flexibility index (Phi) is 7.41. The summed E-state index contributed by atoms with van der Waals surface area (Å²) in [5.41, 5.74) is 2.80. The smallest absolute Gasteiger partial charge is 0.220 e. The number of halogens is 1. The van der Waals surface area contributed by atoms with Crippen molar-refractivity contribution in [2.75, 3.05) is 6.54 Å². The highest BCUT2D eigenvalue weighted by Crippen LogP contribution is 2.36. The number of ether oxygens (including phenoxy) is 1. The number of hydrogen-bond acceptors (Lipinski definition) is 6. The van der Waals surface area contributed by atoms with Crippen LogP contribution in [0.3, 0.4) is 0 Å². The molecule has 9 heteroatoms. The van der Waals surface area contributed by atoms with E-state index in [1.165, 1.54) is 11.8 Å². The zero-order valence-corrected chi connectivity index (χ0v) is 20.2. The van der Waals surface area contributed by atoms with Gasteiger partial charge in [0, 0.05) is 15.1 Å². The summed E-state index contributed by atoms with van der Waals surface area (Å²) >= 11 is 4.75. The summed E-state index contributed by atoms with van der Waals surface area (Å²) in [5.74, 6) is 1.43. The van der Waals surface area contributed by atoms with Crippen LogP contribution in [0.2, 0.25) is 0 Å². The molecule has 7 nitrogen and oxygen atoms in total. The fourth-order valence-corrected chi connectivity index (χ4v) is 4.73. The molecule has 0 aliphatic heterocycles. The van der Waals surface area contributed by atoms with Crippen LogP contribution in [0.15, 0.2) is 88.5 Å². The van der Waals surface area contributed by atoms with Gasteiger partial charge in [-0.3, -0.25) is 14.7 Å². The lowest BCUT2D eigenvalue weighted by molar-refractivity contribution is -0.479. The third-order valence-corrected chi connectivity index (χ3v) is 6.65. The zero-order chi connectivity index (χ0) is 23.2. The molecule has 0 spiro atoms. The van der Waals surface area contributed by atoms with Gasteiger partial charge in [0.05, 0.1) is 0 Å². The second kappa shape index (κ2) is 10.6. The Morgan fingerprint density at radius 3 is 2.39 bits per heavy atom. The summed E-state index contributed by atoms with van der Waals surface area (Å²) < 4.78 is 8.79. The highest BCUT2D eigenvalue weighted by Gasteiger charge is 2.23. The molecule has 1 aromatic heterocycles. The van der Waals surface area contributed by atoms with E-state index < -0.39 is 5.25 Å². The van der Waals surface area contributed by atoms with Crippen LogP contribution in [0.5, 0.6) is 5.75 Å². The normalized spacial score (nSPS) is 11.8. The maximum absolute atomic E-state index is 11.4. The van der Waals surface area contributed by atoms with Gasteiger partial charge in [0.25, 0.3) is 0 Å². The van der Waals surface area contributed by atoms with Crippen molar-refractivity contribution in [1.29, 1.82) is 0 Å². The van der Waals surface area contributed by atoms with Crippen molar-refractivity contribution in [2.24, 2.45) is 0 Å². The van der Waals surface area contributed by atoms with Crippen LogP contribution < -0.4 is 4.74 Å². The Morgan fingerprint density at radius 1 is 1.03 bits per heavy atom. The molecule has 1 heterocycles. The summed E-state index contributed by atoms with van der Waals surface area (Å²) in [6, 6.07) is 25.1. The first-order valence-electron chi connectivity index (χ1n) is 10.2. The van der Waals surface area contributed by atoms with E-state index in [2.05, 4.69) is 26.1 Å². The lowest BCUT2D eigenvalue weighted by Crippen LogP contribution is -2.11. The number of rotatable bonds is 9. The minimum Gasteiger partial charge on any atom is -0.489 e. The molecule has 3 aromatic carbocycles. The average molecular weight is 525 g/mol. The molecule has 33 heavy (non-hydrogen) atoms. The Hall–Kier alpha value is -3.17. The third-order valence-electron chi connectivity index (χ3n) is 4.94. The Morgan fingerprint density at radius 2 is 1.73 bits per heavy atom. The third kappa shape index (κ3) is 6.00. The van der Waals surface area contributed by atoms with Crippen molar-refractivity contribution in [3.8, 4) is 11.4 Å². The topological polar surface area (TPSA) is 83.1 Å². The van der Waals surface area contributed by atoms with Gasteiger partial charge in [-0.1, -0.05) is 70.2 Å². The Labute approximate surface area is 204 Å². The maximum atomic E-state index is 11.4. The number of aromatic nitrogens is 3. The van der Waals surface area contributed by atoms with Crippen molar-refractivity contribution in [3.05, 3.63) is 110 Å². The van der Waals surface area contributed by atoms with Crippen LogP contribution in [0.25, 0.3) is 5.69 Å². The van der Waals surface area contributed by atoms with Gasteiger partial charge in [-0.15, -0.1) is 10.2 Å². The number of thioether (sulfide) groups is 1. The minimum absolute atomic E-state index is 0.232. The van der Waals surface area contributed by atoms with Gasteiger partial charge in [-0.05, 0) is 54.4 Å². The summed E-state index contributed by atoms with van der Waals surface area (Å²) in [6.07, 6.45) is 0. The highest BCUT2D eigenvalue weighted by atomic mass is 79.9. The number of aryl methyl sites for hydroxylation is 1. The Bertz CT molecular complexity index is 1210. The molecule has 0 N–H and O–H groups in total. The molecule has 0 aliphatic rings. The summed E-state index contributed by atoms with van der Waals surface area (Å²) in [7, 11) is 0. The molecular weight excluding hydrogens is 504 g/mol. The van der Waals surface area contributed by atoms with Gasteiger partial charge in [-0.2, -0.15) is 0 Å². The van der Waals surface area contributed by atoms with E-state index in [-0.39, 0.29) is 11.5 Å². The quantitative estimate of drug-likeness (QED) is 0.151. The molecule has 0 bridgehead atoms. The number of nitrogens with zero attached hydrogens (tertiary/aromatic N) is 4. The van der Waals surface area contributed by atoms with Gasteiger partial charge in [-0.25, -0.2) is 0 Å². The summed E-state index contributed by atoms with van der Waals surface area (Å²) in [6.45, 7) is 2.08. The van der Waals surface area contributed by atoms with Gasteiger partial charge in [0.1, 0.15) is 23.4 Å². The summed E-state index contributed by atoms with van der Waals surface area (Å²) in [5, 5.41) is 20.1. The van der Waals surface area contributed by atoms with E-state index in [1.54, 1.807) is 0 Å². The Balaban J connectivity index is 1.51. The standard InChI is InChI=1S/C24H21BrN4O3S/c1-17-26-27-24(29(17)21-5-3-2-4-6-21)33-23(15-28(30)31)19-9-13-22(14-10-19)32-16-18-7-11-20(25)12-8-18/h2-14,23H,15-16H2,1H3/t23-/m0/s1. The van der Waals surface area contributed by atoms with Gasteiger partial charge >= 0.3 is 0 Å². The van der Waals surface area contributed by atoms with Gasteiger partial charge in [0.2, 0.25) is 6.54 Å². The molecule has 0 saturated carbocycles. The van der Waals surface area contributed by atoms with E-state index >= 15 is 0 Å². The SMILES string of the molecule is Cc1nnc(S[C@@H](C[N+](=O)[O-])c2ccc(OCc3ccc(Br)cc3)cc2)n1-c1ccccc1. The number of para-hydroxylation sites is 1. The second-order valence-electron chi connectivity index (χ2n) is 7.31. The van der Waals surface area contributed by atoms with Gasteiger partial charge in [0.15, 0.2) is 5.16 Å². The predicted molar refractivity (Wildman–Crippen MR) is 131 cm³/mol. The van der Waals surface area contributed by atoms with Crippen molar-refractivity contribution < 1.29 is 9.66 Å². The van der Waals surface area contributed by atoms with Crippen LogP contribution in [-0.4, -0.2) is 26.2 Å². The van der Waals surface area contributed by atoms with Crippen LogP contribution in [0.1, 0.15) is 22.2 Å². The molecule has 0 amide bonds. The van der Waals surface area contributed by atoms with Crippen molar-refractivity contribution >= 4 is 27.7 Å². The van der Waals surface area contributed by atoms with Crippen molar-refractivity contribution in [3.63, 3.8) is 0 Å². The zero-order valence-electron chi connectivity index (χ0n) is 17.8. The molecule has 0 saturated heterocycles. The van der Waals surface area contributed by atoms with E-state index in [4.69, 9.17) is 4.74 Å². The number of hydrogen-bond donors (Lipinski definition) is 0. The van der Waals surface area contributed by atoms with Crippen molar-refractivity contribution in [2.45, 2.75) is 23.9 Å². The van der Waals surface area contributed by atoms with Crippen LogP contribution in [-0.2, 0) is 6.61 Å². The number of nitro groups is 1. The molecule has 1 atom stereocenters. The fraction of sp³-hybridized carbons (Fsp3) is 0.167. The van der Waals surface area contributed by atoms with E-state index in [9.17, 15) is 10.1 Å². The minimum atomic E-state index is -0.424. The van der Waals surface area contributed by atoms with Gasteiger partial charge < -0.3 is 4.74 Å². The summed E-state index contributed by atoms with van der Waals surface area (Å²) in [4.78, 5) is 11.1. The lowest BCUT2D eigenvalue weighted by Gasteiger charge is -2.15. The monoisotopic (exact) mass is 524 g/mol. The predicted octanol–water partition coefficient (Wildman–Crippen LogP) is 6.03. The lowest BCUT2D eigenvalue weighted by atomic mass is 10.1. The molecule has 168 valence electrons. The molecular formula is C24H21BrN4O3S.